The molecule has 5 heteroatoms. The molecule has 132 valence electrons. The van der Waals surface area contributed by atoms with Crippen molar-refractivity contribution in [3.63, 3.8) is 0 Å². The number of benzene rings is 1. The summed E-state index contributed by atoms with van der Waals surface area (Å²) in [6.07, 6.45) is 4.40. The van der Waals surface area contributed by atoms with Gasteiger partial charge in [-0.2, -0.15) is 0 Å². The highest BCUT2D eigenvalue weighted by atomic mass is 16.2. The molecule has 0 atom stereocenters. The minimum absolute atomic E-state index is 0.234. The molecule has 1 aliphatic rings. The number of carbonyl (C=O) groups is 2. The maximum atomic E-state index is 12.5. The molecule has 1 aromatic rings. The van der Waals surface area contributed by atoms with Crippen molar-refractivity contribution in [1.29, 1.82) is 0 Å². The molecule has 0 aliphatic carbocycles. The number of rotatable bonds is 7. The summed E-state index contributed by atoms with van der Waals surface area (Å²) in [5.41, 5.74) is 0.806. The number of hydrogen-bond acceptors (Lipinski definition) is 3. The molecule has 0 spiro atoms. The monoisotopic (exact) mass is 331 g/mol. The minimum Gasteiger partial charge on any atom is -0.372 e. The molecule has 2 rings (SSSR count). The average Bonchev–Trinajstić information content (AvgIpc) is 3.10. The number of unbranched alkanes of at least 4 members (excludes halogenated alkanes) is 1. The van der Waals surface area contributed by atoms with Gasteiger partial charge in [-0.3, -0.25) is 9.59 Å². The van der Waals surface area contributed by atoms with E-state index in [1.165, 1.54) is 18.5 Å². The number of anilines is 2. The summed E-state index contributed by atoms with van der Waals surface area (Å²) in [5, 5.41) is 5.68. The lowest BCUT2D eigenvalue weighted by atomic mass is 9.91. The van der Waals surface area contributed by atoms with Gasteiger partial charge in [0.05, 0.1) is 0 Å². The van der Waals surface area contributed by atoms with E-state index in [-0.39, 0.29) is 11.8 Å². The maximum Gasteiger partial charge on any atom is 0.239 e. The third-order valence-electron chi connectivity index (χ3n) is 4.55. The predicted octanol–water partition coefficient (Wildman–Crippen LogP) is 3.17. The van der Waals surface area contributed by atoms with Crippen LogP contribution < -0.4 is 15.5 Å². The van der Waals surface area contributed by atoms with E-state index in [1.54, 1.807) is 13.8 Å². The third kappa shape index (κ3) is 4.49. The van der Waals surface area contributed by atoms with Crippen LogP contribution in [-0.4, -0.2) is 31.4 Å². The van der Waals surface area contributed by atoms with Crippen LogP contribution in [0, 0.1) is 5.41 Å². The van der Waals surface area contributed by atoms with Gasteiger partial charge in [0.25, 0.3) is 0 Å². The number of carbonyl (C=O) groups excluding carboxylic acids is 2. The van der Waals surface area contributed by atoms with E-state index in [2.05, 4.69) is 22.5 Å². The molecular formula is C19H29N3O2. The lowest BCUT2D eigenvalue weighted by Crippen LogP contribution is -2.45. The van der Waals surface area contributed by atoms with Crippen molar-refractivity contribution in [1.82, 2.24) is 5.32 Å². The molecule has 1 aliphatic heterocycles. The van der Waals surface area contributed by atoms with E-state index in [4.69, 9.17) is 0 Å². The SMILES string of the molecule is CCCCNC(=O)C(C)(C)C(=O)Nc1ccc(N2CCCC2)cc1. The Labute approximate surface area is 144 Å². The van der Waals surface area contributed by atoms with E-state index >= 15 is 0 Å². The molecule has 1 fully saturated rings. The molecule has 0 bridgehead atoms. The van der Waals surface area contributed by atoms with Crippen molar-refractivity contribution in [2.45, 2.75) is 46.5 Å². The fourth-order valence-corrected chi connectivity index (χ4v) is 2.72. The van der Waals surface area contributed by atoms with Crippen LogP contribution in [-0.2, 0) is 9.59 Å². The van der Waals surface area contributed by atoms with Crippen LogP contribution in [0.1, 0.15) is 46.5 Å². The van der Waals surface area contributed by atoms with Crippen LogP contribution in [0.15, 0.2) is 24.3 Å². The largest absolute Gasteiger partial charge is 0.372 e. The molecular weight excluding hydrogens is 302 g/mol. The standard InChI is InChI=1S/C19H29N3O2/c1-4-5-12-20-17(23)19(2,3)18(24)21-15-8-10-16(11-9-15)22-13-6-7-14-22/h8-11H,4-7,12-14H2,1-3H3,(H,20,23)(H,21,24). The van der Waals surface area contributed by atoms with Crippen LogP contribution in [0.4, 0.5) is 11.4 Å². The number of nitrogens with one attached hydrogen (secondary N) is 2. The molecule has 1 aromatic carbocycles. The number of hydrogen-bond donors (Lipinski definition) is 2. The Kier molecular flexibility index (Phi) is 6.23. The summed E-state index contributed by atoms with van der Waals surface area (Å²) in [6.45, 7) is 8.17. The van der Waals surface area contributed by atoms with Gasteiger partial charge in [0.1, 0.15) is 5.41 Å². The second kappa shape index (κ2) is 8.18. The molecule has 1 saturated heterocycles. The highest BCUT2D eigenvalue weighted by Crippen LogP contribution is 2.24. The Morgan fingerprint density at radius 2 is 1.71 bits per heavy atom. The van der Waals surface area contributed by atoms with E-state index < -0.39 is 5.41 Å². The van der Waals surface area contributed by atoms with Gasteiger partial charge in [-0.05, 0) is 57.4 Å². The minimum atomic E-state index is -1.10. The summed E-state index contributed by atoms with van der Waals surface area (Å²) in [7, 11) is 0. The quantitative estimate of drug-likeness (QED) is 0.596. The van der Waals surface area contributed by atoms with E-state index in [0.717, 1.165) is 31.6 Å². The van der Waals surface area contributed by atoms with Crippen molar-refractivity contribution in [2.75, 3.05) is 29.9 Å². The summed E-state index contributed by atoms with van der Waals surface area (Å²) in [4.78, 5) is 27.0. The first-order valence-electron chi connectivity index (χ1n) is 8.90. The lowest BCUT2D eigenvalue weighted by molar-refractivity contribution is -0.138. The van der Waals surface area contributed by atoms with Gasteiger partial charge in [-0.1, -0.05) is 13.3 Å². The predicted molar refractivity (Wildman–Crippen MR) is 98.2 cm³/mol. The van der Waals surface area contributed by atoms with Gasteiger partial charge in [0.15, 0.2) is 0 Å². The first-order chi connectivity index (χ1) is 11.4. The second-order valence-corrected chi connectivity index (χ2v) is 6.93. The van der Waals surface area contributed by atoms with Crippen molar-refractivity contribution in [3.05, 3.63) is 24.3 Å². The molecule has 2 N–H and O–H groups in total. The van der Waals surface area contributed by atoms with Gasteiger partial charge in [0.2, 0.25) is 11.8 Å². The van der Waals surface area contributed by atoms with Gasteiger partial charge >= 0.3 is 0 Å². The first-order valence-corrected chi connectivity index (χ1v) is 8.90. The fourth-order valence-electron chi connectivity index (χ4n) is 2.72. The van der Waals surface area contributed by atoms with Crippen molar-refractivity contribution >= 4 is 23.2 Å². The van der Waals surface area contributed by atoms with Gasteiger partial charge in [0, 0.05) is 31.0 Å². The van der Waals surface area contributed by atoms with E-state index in [0.29, 0.717) is 6.54 Å². The molecule has 1 heterocycles. The number of nitrogens with zero attached hydrogens (tertiary/aromatic N) is 1. The molecule has 0 saturated carbocycles. The van der Waals surface area contributed by atoms with Crippen LogP contribution in [0.3, 0.4) is 0 Å². The molecule has 24 heavy (non-hydrogen) atoms. The van der Waals surface area contributed by atoms with Gasteiger partial charge < -0.3 is 15.5 Å². The Balaban J connectivity index is 1.93. The van der Waals surface area contributed by atoms with Gasteiger partial charge in [-0.25, -0.2) is 0 Å². The second-order valence-electron chi connectivity index (χ2n) is 6.93. The van der Waals surface area contributed by atoms with Crippen LogP contribution in [0.25, 0.3) is 0 Å². The molecule has 0 radical (unpaired) electrons. The Morgan fingerprint density at radius 1 is 1.08 bits per heavy atom. The summed E-state index contributed by atoms with van der Waals surface area (Å²) < 4.78 is 0. The van der Waals surface area contributed by atoms with Crippen LogP contribution in [0.2, 0.25) is 0 Å². The molecule has 0 unspecified atom stereocenters. The third-order valence-corrected chi connectivity index (χ3v) is 4.55. The van der Waals surface area contributed by atoms with Gasteiger partial charge in [-0.15, -0.1) is 0 Å². The van der Waals surface area contributed by atoms with Crippen LogP contribution in [0.5, 0.6) is 0 Å². The zero-order chi connectivity index (χ0) is 17.6. The zero-order valence-electron chi connectivity index (χ0n) is 15.0. The summed E-state index contributed by atoms with van der Waals surface area (Å²) >= 11 is 0. The summed E-state index contributed by atoms with van der Waals surface area (Å²) in [5.74, 6) is -0.521. The topological polar surface area (TPSA) is 61.4 Å². The van der Waals surface area contributed by atoms with E-state index in [9.17, 15) is 9.59 Å². The van der Waals surface area contributed by atoms with Crippen molar-refractivity contribution < 1.29 is 9.59 Å². The molecule has 0 aromatic heterocycles. The first kappa shape index (κ1) is 18.3. The summed E-state index contributed by atoms with van der Waals surface area (Å²) in [6, 6.07) is 7.84. The lowest BCUT2D eigenvalue weighted by Gasteiger charge is -2.23. The Morgan fingerprint density at radius 3 is 2.29 bits per heavy atom. The normalized spacial score (nSPS) is 14.5. The highest BCUT2D eigenvalue weighted by molar-refractivity contribution is 6.09. The van der Waals surface area contributed by atoms with Crippen molar-refractivity contribution in [2.24, 2.45) is 5.41 Å². The Hall–Kier alpha value is -2.04. The smallest absolute Gasteiger partial charge is 0.239 e. The van der Waals surface area contributed by atoms with Crippen molar-refractivity contribution in [3.8, 4) is 0 Å². The highest BCUT2D eigenvalue weighted by Gasteiger charge is 2.35. The number of amides is 2. The average molecular weight is 331 g/mol. The Bertz CT molecular complexity index is 560. The van der Waals surface area contributed by atoms with E-state index in [1.807, 2.05) is 24.3 Å². The maximum absolute atomic E-state index is 12.5. The molecule has 2 amide bonds. The zero-order valence-corrected chi connectivity index (χ0v) is 15.0. The molecule has 5 nitrogen and oxygen atoms in total. The van der Waals surface area contributed by atoms with Crippen LogP contribution >= 0.6 is 0 Å². The fraction of sp³-hybridized carbons (Fsp3) is 0.579.